The molecule has 61 valence electrons. The van der Waals surface area contributed by atoms with Crippen LogP contribution >= 0.6 is 0 Å². The first kappa shape index (κ1) is 9.92. The standard InChI is InChI=1S/C8H18NO/c1-2-3-4-5-6-7-8(9)10/h8H,2-7,9H2,1H3. The van der Waals surface area contributed by atoms with Crippen LogP contribution in [0.25, 0.3) is 0 Å². The maximum absolute atomic E-state index is 10.3. The van der Waals surface area contributed by atoms with Crippen LogP contribution < -0.4 is 5.73 Å². The van der Waals surface area contributed by atoms with Gasteiger partial charge < -0.3 is 5.73 Å². The Labute approximate surface area is 63.4 Å². The van der Waals surface area contributed by atoms with Crippen molar-refractivity contribution in [3.8, 4) is 0 Å². The molecule has 0 amide bonds. The Hall–Kier alpha value is -0.0800. The van der Waals surface area contributed by atoms with Gasteiger partial charge in [-0.1, -0.05) is 32.6 Å². The number of unbranched alkanes of at least 4 members (excludes halogenated alkanes) is 4. The molecule has 0 aromatic carbocycles. The zero-order valence-corrected chi connectivity index (χ0v) is 6.81. The molecule has 0 saturated carbocycles. The predicted octanol–water partition coefficient (Wildman–Crippen LogP) is 2.06. The molecule has 0 aliphatic rings. The fourth-order valence-corrected chi connectivity index (χ4v) is 0.949. The van der Waals surface area contributed by atoms with Crippen molar-refractivity contribution in [2.75, 3.05) is 0 Å². The minimum Gasteiger partial charge on any atom is -0.303 e. The first-order valence-electron chi connectivity index (χ1n) is 4.18. The summed E-state index contributed by atoms with van der Waals surface area (Å²) in [6.07, 6.45) is 5.76. The van der Waals surface area contributed by atoms with E-state index in [0.29, 0.717) is 6.42 Å². The van der Waals surface area contributed by atoms with E-state index in [-0.39, 0.29) is 0 Å². The van der Waals surface area contributed by atoms with E-state index >= 15 is 0 Å². The van der Waals surface area contributed by atoms with Gasteiger partial charge in [0.1, 0.15) is 6.23 Å². The second-order valence-corrected chi connectivity index (χ2v) is 2.74. The Morgan fingerprint density at radius 3 is 2.30 bits per heavy atom. The van der Waals surface area contributed by atoms with E-state index in [2.05, 4.69) is 6.92 Å². The molecule has 2 heteroatoms. The monoisotopic (exact) mass is 144 g/mol. The molecule has 1 unspecified atom stereocenters. The number of nitrogens with two attached hydrogens (primary N) is 1. The quantitative estimate of drug-likeness (QED) is 0.450. The lowest BCUT2D eigenvalue weighted by atomic mass is 10.1. The first-order chi connectivity index (χ1) is 4.77. The lowest BCUT2D eigenvalue weighted by Crippen LogP contribution is -2.16. The maximum Gasteiger partial charge on any atom is 0.141 e. The number of hydrogen-bond acceptors (Lipinski definition) is 1. The van der Waals surface area contributed by atoms with Gasteiger partial charge in [0.15, 0.2) is 0 Å². The third kappa shape index (κ3) is 7.92. The highest BCUT2D eigenvalue weighted by Crippen LogP contribution is 2.05. The van der Waals surface area contributed by atoms with Crippen LogP contribution in [0.15, 0.2) is 0 Å². The molecule has 2 N–H and O–H groups in total. The van der Waals surface area contributed by atoms with E-state index in [0.717, 1.165) is 6.42 Å². The molecule has 0 aromatic heterocycles. The van der Waals surface area contributed by atoms with Crippen molar-refractivity contribution in [2.45, 2.75) is 51.7 Å². The Morgan fingerprint density at radius 2 is 1.80 bits per heavy atom. The summed E-state index contributed by atoms with van der Waals surface area (Å²) in [5.41, 5.74) is 5.05. The van der Waals surface area contributed by atoms with Gasteiger partial charge in [0.05, 0.1) is 0 Å². The summed E-state index contributed by atoms with van der Waals surface area (Å²) >= 11 is 0. The number of hydrogen-bond donors (Lipinski definition) is 1. The summed E-state index contributed by atoms with van der Waals surface area (Å²) in [7, 11) is 0. The second kappa shape index (κ2) is 7.03. The average Bonchev–Trinajstić information content (AvgIpc) is 1.87. The summed E-state index contributed by atoms with van der Waals surface area (Å²) in [5, 5.41) is 10.3. The minimum absolute atomic E-state index is 0.643. The van der Waals surface area contributed by atoms with Crippen molar-refractivity contribution in [1.29, 1.82) is 0 Å². The third-order valence-electron chi connectivity index (χ3n) is 1.59. The molecule has 0 heterocycles. The highest BCUT2D eigenvalue weighted by atomic mass is 16.3. The maximum atomic E-state index is 10.3. The van der Waals surface area contributed by atoms with Gasteiger partial charge in [-0.25, -0.2) is 5.11 Å². The fourth-order valence-electron chi connectivity index (χ4n) is 0.949. The Bertz CT molecular complexity index is 64.3. The van der Waals surface area contributed by atoms with Crippen LogP contribution in [0.3, 0.4) is 0 Å². The molecule has 2 nitrogen and oxygen atoms in total. The number of rotatable bonds is 6. The van der Waals surface area contributed by atoms with Crippen LogP contribution in [0.2, 0.25) is 0 Å². The van der Waals surface area contributed by atoms with E-state index in [1.807, 2.05) is 0 Å². The van der Waals surface area contributed by atoms with Crippen LogP contribution in [0.4, 0.5) is 0 Å². The molecule has 1 radical (unpaired) electrons. The summed E-state index contributed by atoms with van der Waals surface area (Å²) < 4.78 is 0. The molecule has 0 rings (SSSR count). The molecular weight excluding hydrogens is 126 g/mol. The average molecular weight is 144 g/mol. The molecule has 0 aliphatic heterocycles. The zero-order chi connectivity index (χ0) is 7.82. The largest absolute Gasteiger partial charge is 0.303 e. The van der Waals surface area contributed by atoms with Gasteiger partial charge >= 0.3 is 0 Å². The van der Waals surface area contributed by atoms with Gasteiger partial charge in [0, 0.05) is 0 Å². The summed E-state index contributed by atoms with van der Waals surface area (Å²) in [5.74, 6) is 0. The van der Waals surface area contributed by atoms with Crippen molar-refractivity contribution < 1.29 is 5.11 Å². The van der Waals surface area contributed by atoms with Crippen LogP contribution in [0, 0.1) is 0 Å². The van der Waals surface area contributed by atoms with Crippen molar-refractivity contribution >= 4 is 0 Å². The Kier molecular flexibility index (Phi) is 6.98. The van der Waals surface area contributed by atoms with Gasteiger partial charge in [0.25, 0.3) is 0 Å². The van der Waals surface area contributed by atoms with Gasteiger partial charge in [-0.3, -0.25) is 0 Å². The Morgan fingerprint density at radius 1 is 1.20 bits per heavy atom. The van der Waals surface area contributed by atoms with E-state index in [1.54, 1.807) is 0 Å². The summed E-state index contributed by atoms with van der Waals surface area (Å²) in [6.45, 7) is 2.18. The molecule has 0 aromatic rings. The van der Waals surface area contributed by atoms with Gasteiger partial charge in [-0.15, -0.1) is 0 Å². The van der Waals surface area contributed by atoms with Gasteiger partial charge in [-0.2, -0.15) is 0 Å². The molecule has 0 fully saturated rings. The predicted molar refractivity (Wildman–Crippen MR) is 42.0 cm³/mol. The molecule has 0 saturated heterocycles. The van der Waals surface area contributed by atoms with E-state index in [4.69, 9.17) is 5.73 Å². The lowest BCUT2D eigenvalue weighted by Gasteiger charge is -2.00. The minimum atomic E-state index is -0.846. The Balaban J connectivity index is 2.77. The SMILES string of the molecule is CCCCCCCC(N)[O]. The summed E-state index contributed by atoms with van der Waals surface area (Å²) in [4.78, 5) is 0. The summed E-state index contributed by atoms with van der Waals surface area (Å²) in [6, 6.07) is 0. The molecule has 1 atom stereocenters. The normalized spacial score (nSPS) is 13.5. The highest BCUT2D eigenvalue weighted by Gasteiger charge is 1.96. The van der Waals surface area contributed by atoms with E-state index in [1.165, 1.54) is 25.7 Å². The molecule has 0 aliphatic carbocycles. The second-order valence-electron chi connectivity index (χ2n) is 2.74. The van der Waals surface area contributed by atoms with Crippen LogP contribution in [-0.2, 0) is 5.11 Å². The van der Waals surface area contributed by atoms with Crippen LogP contribution in [-0.4, -0.2) is 6.23 Å². The zero-order valence-electron chi connectivity index (χ0n) is 6.81. The van der Waals surface area contributed by atoms with Crippen molar-refractivity contribution in [3.05, 3.63) is 0 Å². The fraction of sp³-hybridized carbons (Fsp3) is 1.00. The highest BCUT2D eigenvalue weighted by molar-refractivity contribution is 4.46. The van der Waals surface area contributed by atoms with Crippen LogP contribution in [0.5, 0.6) is 0 Å². The van der Waals surface area contributed by atoms with Crippen molar-refractivity contribution in [2.24, 2.45) is 5.73 Å². The van der Waals surface area contributed by atoms with Gasteiger partial charge in [0.2, 0.25) is 0 Å². The van der Waals surface area contributed by atoms with E-state index in [9.17, 15) is 5.11 Å². The molecule has 0 bridgehead atoms. The van der Waals surface area contributed by atoms with Crippen molar-refractivity contribution in [1.82, 2.24) is 0 Å². The van der Waals surface area contributed by atoms with Gasteiger partial charge in [-0.05, 0) is 12.8 Å². The van der Waals surface area contributed by atoms with E-state index < -0.39 is 6.23 Å². The molecular formula is C8H18NO. The van der Waals surface area contributed by atoms with Crippen molar-refractivity contribution in [3.63, 3.8) is 0 Å². The van der Waals surface area contributed by atoms with Crippen LogP contribution in [0.1, 0.15) is 45.4 Å². The molecule has 10 heavy (non-hydrogen) atoms. The lowest BCUT2D eigenvalue weighted by molar-refractivity contribution is 0.0846. The molecule has 0 spiro atoms. The smallest absolute Gasteiger partial charge is 0.141 e. The first-order valence-corrected chi connectivity index (χ1v) is 4.18. The third-order valence-corrected chi connectivity index (χ3v) is 1.59. The topological polar surface area (TPSA) is 45.9 Å².